The summed E-state index contributed by atoms with van der Waals surface area (Å²) in [6.07, 6.45) is 1.75. The Balaban J connectivity index is 1.70. The maximum Gasteiger partial charge on any atom is 0.365 e. The lowest BCUT2D eigenvalue weighted by Gasteiger charge is -2.04. The van der Waals surface area contributed by atoms with Crippen molar-refractivity contribution in [1.82, 2.24) is 9.97 Å². The number of pyridine rings is 1. The van der Waals surface area contributed by atoms with E-state index in [2.05, 4.69) is 34.2 Å². The molecule has 0 amide bonds. The fraction of sp³-hybridized carbons (Fsp3) is 0. The van der Waals surface area contributed by atoms with Gasteiger partial charge in [-0.05, 0) is 22.8 Å². The summed E-state index contributed by atoms with van der Waals surface area (Å²) in [5.74, 6) is -1.02. The Kier molecular flexibility index (Phi) is 3.55. The van der Waals surface area contributed by atoms with Crippen LogP contribution in [0.25, 0.3) is 32.6 Å². The molecule has 0 atom stereocenters. The summed E-state index contributed by atoms with van der Waals surface area (Å²) in [6, 6.07) is 20.3. The Morgan fingerprint density at radius 2 is 1.50 bits per heavy atom. The summed E-state index contributed by atoms with van der Waals surface area (Å²) in [7, 11) is 0. The zero-order valence-electron chi connectivity index (χ0n) is 12.5. The summed E-state index contributed by atoms with van der Waals surface area (Å²) in [5, 5.41) is 9.10. The van der Waals surface area contributed by atoms with Crippen LogP contribution >= 0.6 is 11.3 Å². The molecule has 0 unspecified atom stereocenters. The van der Waals surface area contributed by atoms with Gasteiger partial charge in [0.15, 0.2) is 0 Å². The monoisotopic (exact) mass is 332 g/mol. The molecule has 4 rings (SSSR count). The number of carbonyl (C=O) groups is 1. The first-order valence-electron chi connectivity index (χ1n) is 7.36. The zero-order chi connectivity index (χ0) is 16.5. The van der Waals surface area contributed by atoms with Crippen LogP contribution in [0.15, 0.2) is 66.9 Å². The van der Waals surface area contributed by atoms with Crippen molar-refractivity contribution in [3.63, 3.8) is 0 Å². The number of aromatic nitrogens is 2. The smallest absolute Gasteiger partial charge is 0.365 e. The van der Waals surface area contributed by atoms with E-state index in [1.165, 1.54) is 5.56 Å². The molecule has 0 radical (unpaired) electrons. The zero-order valence-corrected chi connectivity index (χ0v) is 13.3. The molecule has 1 N–H and O–H groups in total. The number of carboxylic acid groups (broad SMARTS) is 1. The van der Waals surface area contributed by atoms with Crippen LogP contribution < -0.4 is 0 Å². The predicted octanol–water partition coefficient (Wildman–Crippen LogP) is 4.72. The molecule has 0 spiro atoms. The van der Waals surface area contributed by atoms with Gasteiger partial charge in [-0.1, -0.05) is 65.9 Å². The highest BCUT2D eigenvalue weighted by molar-refractivity contribution is 7.19. The Morgan fingerprint density at radius 1 is 0.875 bits per heavy atom. The van der Waals surface area contributed by atoms with Gasteiger partial charge in [-0.2, -0.15) is 0 Å². The average Bonchev–Trinajstić information content (AvgIpc) is 3.06. The first-order chi connectivity index (χ1) is 11.7. The topological polar surface area (TPSA) is 63.1 Å². The van der Waals surface area contributed by atoms with Gasteiger partial charge in [-0.3, -0.25) is 0 Å². The third-order valence-corrected chi connectivity index (χ3v) is 4.72. The quantitative estimate of drug-likeness (QED) is 0.589. The molecule has 4 aromatic rings. The summed E-state index contributed by atoms with van der Waals surface area (Å²) < 4.78 is 0. The van der Waals surface area contributed by atoms with Gasteiger partial charge in [0.05, 0.1) is 0 Å². The minimum Gasteiger partial charge on any atom is -0.476 e. The van der Waals surface area contributed by atoms with Gasteiger partial charge >= 0.3 is 5.97 Å². The number of thiazole rings is 1. The van der Waals surface area contributed by atoms with E-state index in [4.69, 9.17) is 5.11 Å². The normalized spacial score (nSPS) is 10.8. The first-order valence-corrected chi connectivity index (χ1v) is 8.18. The van der Waals surface area contributed by atoms with Crippen molar-refractivity contribution in [2.75, 3.05) is 0 Å². The van der Waals surface area contributed by atoms with E-state index in [9.17, 15) is 4.79 Å². The fourth-order valence-corrected chi connectivity index (χ4v) is 3.29. The van der Waals surface area contributed by atoms with Crippen molar-refractivity contribution in [2.24, 2.45) is 0 Å². The molecule has 0 aliphatic rings. The van der Waals surface area contributed by atoms with E-state index in [0.29, 0.717) is 10.3 Å². The Morgan fingerprint density at radius 3 is 2.17 bits per heavy atom. The van der Waals surface area contributed by atoms with E-state index in [-0.39, 0.29) is 5.01 Å². The van der Waals surface area contributed by atoms with Gasteiger partial charge < -0.3 is 5.11 Å². The van der Waals surface area contributed by atoms with E-state index < -0.39 is 5.97 Å². The van der Waals surface area contributed by atoms with E-state index in [1.807, 2.05) is 36.4 Å². The van der Waals surface area contributed by atoms with Gasteiger partial charge in [-0.15, -0.1) is 0 Å². The van der Waals surface area contributed by atoms with Crippen LogP contribution in [0.2, 0.25) is 0 Å². The Labute approximate surface area is 142 Å². The molecule has 0 aliphatic carbocycles. The van der Waals surface area contributed by atoms with E-state index in [0.717, 1.165) is 28.0 Å². The molecule has 2 aromatic heterocycles. The SMILES string of the molecule is O=C(O)c1nc2cc(-c3ccc(-c4ccccc4)cc3)cnc2s1. The molecule has 0 bridgehead atoms. The van der Waals surface area contributed by atoms with Gasteiger partial charge in [0.25, 0.3) is 0 Å². The Bertz CT molecular complexity index is 1020. The highest BCUT2D eigenvalue weighted by atomic mass is 32.1. The minimum atomic E-state index is -1.02. The van der Waals surface area contributed by atoms with E-state index in [1.54, 1.807) is 6.20 Å². The molecule has 2 heterocycles. The van der Waals surface area contributed by atoms with Crippen molar-refractivity contribution in [3.8, 4) is 22.3 Å². The summed E-state index contributed by atoms with van der Waals surface area (Å²) >= 11 is 1.09. The molecule has 0 saturated heterocycles. The van der Waals surface area contributed by atoms with Gasteiger partial charge in [0.1, 0.15) is 10.3 Å². The fourth-order valence-electron chi connectivity index (χ4n) is 2.56. The van der Waals surface area contributed by atoms with Crippen molar-refractivity contribution < 1.29 is 9.90 Å². The van der Waals surface area contributed by atoms with Crippen LogP contribution in [0.1, 0.15) is 9.80 Å². The molecule has 2 aromatic carbocycles. The number of rotatable bonds is 3. The van der Waals surface area contributed by atoms with Gasteiger partial charge in [0.2, 0.25) is 5.01 Å². The van der Waals surface area contributed by atoms with Crippen molar-refractivity contribution in [3.05, 3.63) is 71.9 Å². The highest BCUT2D eigenvalue weighted by Gasteiger charge is 2.12. The number of nitrogens with zero attached hydrogens (tertiary/aromatic N) is 2. The predicted molar refractivity (Wildman–Crippen MR) is 95.2 cm³/mol. The lowest BCUT2D eigenvalue weighted by Crippen LogP contribution is -1.93. The second-order valence-corrected chi connectivity index (χ2v) is 6.29. The third-order valence-electron chi connectivity index (χ3n) is 3.76. The molecule has 24 heavy (non-hydrogen) atoms. The van der Waals surface area contributed by atoms with Crippen LogP contribution in [-0.2, 0) is 0 Å². The number of benzene rings is 2. The summed E-state index contributed by atoms with van der Waals surface area (Å²) in [6.45, 7) is 0. The second kappa shape index (κ2) is 5.86. The number of hydrogen-bond acceptors (Lipinski definition) is 4. The van der Waals surface area contributed by atoms with Gasteiger partial charge in [-0.25, -0.2) is 14.8 Å². The lowest BCUT2D eigenvalue weighted by atomic mass is 10.0. The summed E-state index contributed by atoms with van der Waals surface area (Å²) in [4.78, 5) is 20.1. The van der Waals surface area contributed by atoms with Crippen molar-refractivity contribution in [2.45, 2.75) is 0 Å². The molecular formula is C19H12N2O2S. The van der Waals surface area contributed by atoms with E-state index >= 15 is 0 Å². The minimum absolute atomic E-state index is 0.0640. The van der Waals surface area contributed by atoms with Crippen molar-refractivity contribution in [1.29, 1.82) is 0 Å². The van der Waals surface area contributed by atoms with Crippen LogP contribution in [0.5, 0.6) is 0 Å². The molecular weight excluding hydrogens is 320 g/mol. The number of carboxylic acids is 1. The molecule has 0 aliphatic heterocycles. The van der Waals surface area contributed by atoms with Crippen molar-refractivity contribution >= 4 is 27.7 Å². The molecule has 116 valence electrons. The van der Waals surface area contributed by atoms with Crippen LogP contribution in [0.3, 0.4) is 0 Å². The number of aromatic carboxylic acids is 1. The Hall–Kier alpha value is -3.05. The molecule has 5 heteroatoms. The molecule has 0 fully saturated rings. The van der Waals surface area contributed by atoms with Gasteiger partial charge in [0, 0.05) is 11.8 Å². The number of hydrogen-bond donors (Lipinski definition) is 1. The number of fused-ring (bicyclic) bond motifs is 1. The van der Waals surface area contributed by atoms with Crippen LogP contribution in [-0.4, -0.2) is 21.0 Å². The third kappa shape index (κ3) is 2.66. The molecule has 4 nitrogen and oxygen atoms in total. The standard InChI is InChI=1S/C19H12N2O2S/c22-19(23)18-21-16-10-15(11-20-17(16)24-18)14-8-6-13(7-9-14)12-4-2-1-3-5-12/h1-11H,(H,22,23). The lowest BCUT2D eigenvalue weighted by molar-refractivity contribution is 0.0696. The first kappa shape index (κ1) is 14.5. The maximum absolute atomic E-state index is 11.0. The average molecular weight is 332 g/mol. The van der Waals surface area contributed by atoms with Crippen LogP contribution in [0.4, 0.5) is 0 Å². The second-order valence-electron chi connectivity index (χ2n) is 5.32. The van der Waals surface area contributed by atoms with Crippen LogP contribution in [0, 0.1) is 0 Å². The molecule has 0 saturated carbocycles. The summed E-state index contributed by atoms with van der Waals surface area (Å²) in [5.41, 5.74) is 4.87. The largest absolute Gasteiger partial charge is 0.476 e. The highest BCUT2D eigenvalue weighted by Crippen LogP contribution is 2.28. The maximum atomic E-state index is 11.0.